The molecule has 0 atom stereocenters. The van der Waals surface area contributed by atoms with Gasteiger partial charge in [0.2, 0.25) is 11.7 Å². The zero-order valence-electron chi connectivity index (χ0n) is 22.5. The van der Waals surface area contributed by atoms with Gasteiger partial charge in [-0.25, -0.2) is 9.37 Å². The van der Waals surface area contributed by atoms with Crippen LogP contribution in [0.5, 0.6) is 5.75 Å². The molecule has 212 valence electrons. The zero-order valence-corrected chi connectivity index (χ0v) is 22.5. The minimum absolute atomic E-state index is 0.0134. The zero-order chi connectivity index (χ0) is 29.0. The summed E-state index contributed by atoms with van der Waals surface area (Å²) in [5.74, 6) is -3.47. The molecule has 1 fully saturated rings. The van der Waals surface area contributed by atoms with Crippen molar-refractivity contribution in [3.63, 3.8) is 0 Å². The third-order valence-corrected chi connectivity index (χ3v) is 7.01. The second kappa shape index (κ2) is 12.2. The molecule has 1 aliphatic carbocycles. The monoisotopic (exact) mass is 554 g/mol. The quantitative estimate of drug-likeness (QED) is 0.304. The summed E-state index contributed by atoms with van der Waals surface area (Å²) in [5.41, 5.74) is 7.21. The summed E-state index contributed by atoms with van der Waals surface area (Å²) in [5, 5.41) is 8.48. The van der Waals surface area contributed by atoms with Crippen LogP contribution in [0.1, 0.15) is 46.3 Å². The molecule has 2 aromatic carbocycles. The van der Waals surface area contributed by atoms with Gasteiger partial charge in [-0.3, -0.25) is 14.4 Å². The number of imidazole rings is 1. The van der Waals surface area contributed by atoms with Crippen molar-refractivity contribution >= 4 is 23.4 Å². The fraction of sp³-hybridized carbons (Fsp3) is 0.357. The summed E-state index contributed by atoms with van der Waals surface area (Å²) in [7, 11) is 2.76. The van der Waals surface area contributed by atoms with Gasteiger partial charge in [-0.05, 0) is 55.2 Å². The molecule has 3 aromatic rings. The van der Waals surface area contributed by atoms with Crippen molar-refractivity contribution in [1.82, 2.24) is 20.2 Å². The lowest BCUT2D eigenvalue weighted by atomic mass is 9.79. The normalized spacial score (nSPS) is 16.1. The Hall–Kier alpha value is -4.32. The number of benzene rings is 2. The van der Waals surface area contributed by atoms with Gasteiger partial charge in [0.15, 0.2) is 17.4 Å². The Morgan fingerprint density at radius 3 is 2.55 bits per heavy atom. The summed E-state index contributed by atoms with van der Waals surface area (Å²) in [6, 6.07) is 7.51. The molecule has 0 radical (unpaired) electrons. The van der Waals surface area contributed by atoms with Crippen LogP contribution in [0.15, 0.2) is 36.5 Å². The van der Waals surface area contributed by atoms with Crippen molar-refractivity contribution in [3.8, 4) is 17.0 Å². The molecule has 1 saturated carbocycles. The molecule has 10 nitrogen and oxygen atoms in total. The lowest BCUT2D eigenvalue weighted by Crippen LogP contribution is -2.50. The molecule has 1 aromatic heterocycles. The van der Waals surface area contributed by atoms with Crippen molar-refractivity contribution in [3.05, 3.63) is 65.1 Å². The van der Waals surface area contributed by atoms with Gasteiger partial charge in [0, 0.05) is 48.9 Å². The van der Waals surface area contributed by atoms with E-state index in [0.717, 1.165) is 5.56 Å². The van der Waals surface area contributed by atoms with E-state index in [0.29, 0.717) is 43.6 Å². The molecular formula is C28H32F2N6O4. The Bertz CT molecular complexity index is 1430. The highest BCUT2D eigenvalue weighted by Crippen LogP contribution is 2.30. The number of rotatable bonds is 10. The predicted octanol–water partition coefficient (Wildman–Crippen LogP) is 2.77. The standard InChI is InChI=1S/C28H32F2N6O4/c1-4-15-11-17(5-6-19(15)27(38)35-18-12-16(13-18)26(37)32-10-9-31)34-28(39)25-33-14-21(36(25)2)20-7-8-22(40-3)24(30)23(20)29/h5-8,11,14,16,18H,4,9-10,12-13,31H2,1-3H3,(H,32,37)(H,34,39)(H,35,38)/t16-,18+. The maximum Gasteiger partial charge on any atom is 0.291 e. The van der Waals surface area contributed by atoms with Crippen LogP contribution in [-0.2, 0) is 18.3 Å². The molecule has 0 bridgehead atoms. The SMILES string of the molecule is CCc1cc(NC(=O)c2ncc(-c3ccc(OC)c(F)c3F)n2C)ccc1C(=O)N[C@H]1C[C@@H](C(=O)NCCN)C1. The summed E-state index contributed by atoms with van der Waals surface area (Å²) in [4.78, 5) is 42.0. The number of ether oxygens (including phenoxy) is 1. The van der Waals surface area contributed by atoms with Gasteiger partial charge in [-0.2, -0.15) is 4.39 Å². The number of halogens is 2. The highest BCUT2D eigenvalue weighted by molar-refractivity contribution is 6.03. The van der Waals surface area contributed by atoms with Gasteiger partial charge in [0.25, 0.3) is 11.8 Å². The first kappa shape index (κ1) is 28.7. The Morgan fingerprint density at radius 1 is 1.12 bits per heavy atom. The van der Waals surface area contributed by atoms with E-state index in [1.807, 2.05) is 6.92 Å². The maximum absolute atomic E-state index is 14.6. The number of methoxy groups -OCH3 is 1. The van der Waals surface area contributed by atoms with E-state index in [1.54, 1.807) is 18.2 Å². The van der Waals surface area contributed by atoms with E-state index >= 15 is 0 Å². The summed E-state index contributed by atoms with van der Waals surface area (Å²) < 4.78 is 35.0. The highest BCUT2D eigenvalue weighted by atomic mass is 19.2. The largest absolute Gasteiger partial charge is 0.494 e. The van der Waals surface area contributed by atoms with E-state index in [-0.39, 0.29) is 46.6 Å². The van der Waals surface area contributed by atoms with Gasteiger partial charge in [0.1, 0.15) is 0 Å². The Morgan fingerprint density at radius 2 is 1.88 bits per heavy atom. The highest BCUT2D eigenvalue weighted by Gasteiger charge is 2.35. The number of nitrogens with zero attached hydrogens (tertiary/aromatic N) is 2. The number of aryl methyl sites for hydroxylation is 1. The van der Waals surface area contributed by atoms with Crippen LogP contribution >= 0.6 is 0 Å². The average molecular weight is 555 g/mol. The van der Waals surface area contributed by atoms with E-state index in [9.17, 15) is 23.2 Å². The minimum Gasteiger partial charge on any atom is -0.494 e. The second-order valence-electron chi connectivity index (χ2n) is 9.57. The number of aromatic nitrogens is 2. The van der Waals surface area contributed by atoms with Crippen molar-refractivity contribution in [2.24, 2.45) is 18.7 Å². The lowest BCUT2D eigenvalue weighted by molar-refractivity contribution is -0.128. The predicted molar refractivity (Wildman–Crippen MR) is 145 cm³/mol. The molecule has 1 aliphatic rings. The third kappa shape index (κ3) is 5.81. The van der Waals surface area contributed by atoms with E-state index in [2.05, 4.69) is 20.9 Å². The number of carbonyl (C=O) groups is 3. The van der Waals surface area contributed by atoms with Gasteiger partial charge < -0.3 is 31.0 Å². The van der Waals surface area contributed by atoms with E-state index < -0.39 is 17.5 Å². The maximum atomic E-state index is 14.6. The first-order chi connectivity index (χ1) is 19.2. The van der Waals surface area contributed by atoms with Crippen LogP contribution in [0.3, 0.4) is 0 Å². The lowest BCUT2D eigenvalue weighted by Gasteiger charge is -2.34. The number of hydrogen-bond acceptors (Lipinski definition) is 6. The first-order valence-corrected chi connectivity index (χ1v) is 12.9. The molecule has 0 spiro atoms. The van der Waals surface area contributed by atoms with Gasteiger partial charge in [0.05, 0.1) is 19.0 Å². The number of hydrogen-bond donors (Lipinski definition) is 4. The molecular weight excluding hydrogens is 522 g/mol. The molecule has 4 rings (SSSR count). The second-order valence-corrected chi connectivity index (χ2v) is 9.57. The molecule has 1 heterocycles. The van der Waals surface area contributed by atoms with Crippen molar-refractivity contribution < 1.29 is 27.9 Å². The Labute approximate surface area is 230 Å². The summed E-state index contributed by atoms with van der Waals surface area (Å²) in [6.07, 6.45) is 2.96. The first-order valence-electron chi connectivity index (χ1n) is 12.9. The third-order valence-electron chi connectivity index (χ3n) is 7.01. The fourth-order valence-corrected chi connectivity index (χ4v) is 4.68. The number of carbonyl (C=O) groups excluding carboxylic acids is 3. The van der Waals surface area contributed by atoms with Crippen LogP contribution < -0.4 is 26.4 Å². The van der Waals surface area contributed by atoms with E-state index in [4.69, 9.17) is 10.5 Å². The molecule has 12 heteroatoms. The molecule has 0 unspecified atom stereocenters. The van der Waals surface area contributed by atoms with Crippen molar-refractivity contribution in [1.29, 1.82) is 0 Å². The average Bonchev–Trinajstić information content (AvgIpc) is 3.31. The molecule has 3 amide bonds. The number of nitrogens with two attached hydrogens (primary N) is 1. The van der Waals surface area contributed by atoms with Crippen LogP contribution in [0.2, 0.25) is 0 Å². The van der Waals surface area contributed by atoms with Gasteiger partial charge in [-0.15, -0.1) is 0 Å². The van der Waals surface area contributed by atoms with Gasteiger partial charge in [-0.1, -0.05) is 6.92 Å². The number of amides is 3. The summed E-state index contributed by atoms with van der Waals surface area (Å²) >= 11 is 0. The number of nitrogens with one attached hydrogen (secondary N) is 3. The molecule has 0 aliphatic heterocycles. The molecule has 40 heavy (non-hydrogen) atoms. The van der Waals surface area contributed by atoms with Crippen molar-refractivity contribution in [2.75, 3.05) is 25.5 Å². The van der Waals surface area contributed by atoms with Gasteiger partial charge >= 0.3 is 0 Å². The molecule has 0 saturated heterocycles. The summed E-state index contributed by atoms with van der Waals surface area (Å²) in [6.45, 7) is 2.70. The Balaban J connectivity index is 1.42. The van der Waals surface area contributed by atoms with Crippen LogP contribution in [0.4, 0.5) is 14.5 Å². The van der Waals surface area contributed by atoms with Crippen LogP contribution in [0.25, 0.3) is 11.3 Å². The fourth-order valence-electron chi connectivity index (χ4n) is 4.68. The van der Waals surface area contributed by atoms with Crippen molar-refractivity contribution in [2.45, 2.75) is 32.2 Å². The molecule has 5 N–H and O–H groups in total. The number of anilines is 1. The minimum atomic E-state index is -1.13. The smallest absolute Gasteiger partial charge is 0.291 e. The topological polar surface area (TPSA) is 140 Å². The van der Waals surface area contributed by atoms with E-state index in [1.165, 1.54) is 37.1 Å². The van der Waals surface area contributed by atoms with Crippen LogP contribution in [-0.4, -0.2) is 53.5 Å². The van der Waals surface area contributed by atoms with Crippen LogP contribution in [0, 0.1) is 17.6 Å². The Kier molecular flexibility index (Phi) is 8.78.